The molecular weight excluding hydrogens is 341 g/mol. The lowest BCUT2D eigenvalue weighted by atomic mass is 9.96. The predicted molar refractivity (Wildman–Crippen MR) is 94.4 cm³/mol. The minimum atomic E-state index is -0.973. The van der Waals surface area contributed by atoms with Gasteiger partial charge in [-0.2, -0.15) is 0 Å². The first-order chi connectivity index (χ1) is 12.5. The smallest absolute Gasteiger partial charge is 0.167 e. The molecule has 0 N–H and O–H groups in total. The summed E-state index contributed by atoms with van der Waals surface area (Å²) >= 11 is 0. The van der Waals surface area contributed by atoms with E-state index >= 15 is 0 Å². The summed E-state index contributed by atoms with van der Waals surface area (Å²) in [5, 5.41) is 0. The zero-order valence-corrected chi connectivity index (χ0v) is 15.0. The summed E-state index contributed by atoms with van der Waals surface area (Å²) in [5.41, 5.74) is 1.02. The number of halogens is 3. The Bertz CT molecular complexity index is 768. The molecule has 2 nitrogen and oxygen atoms in total. The van der Waals surface area contributed by atoms with Gasteiger partial charge in [-0.25, -0.2) is 13.2 Å². The Hall–Kier alpha value is -1.85. The monoisotopic (exact) mass is 364 g/mol. The topological polar surface area (TPSA) is 18.5 Å². The van der Waals surface area contributed by atoms with Crippen molar-refractivity contribution in [2.45, 2.75) is 45.3 Å². The van der Waals surface area contributed by atoms with Crippen LogP contribution in [0.5, 0.6) is 0 Å². The Morgan fingerprint density at radius 3 is 2.54 bits per heavy atom. The van der Waals surface area contributed by atoms with E-state index in [1.807, 2.05) is 6.92 Å². The van der Waals surface area contributed by atoms with Crippen molar-refractivity contribution in [1.29, 1.82) is 0 Å². The second-order valence-corrected chi connectivity index (χ2v) is 6.69. The van der Waals surface area contributed by atoms with Gasteiger partial charge in [-0.3, -0.25) is 0 Å². The Morgan fingerprint density at radius 1 is 1.08 bits per heavy atom. The van der Waals surface area contributed by atoms with Crippen molar-refractivity contribution in [3.8, 4) is 11.1 Å². The first-order valence-corrected chi connectivity index (χ1v) is 8.98. The summed E-state index contributed by atoms with van der Waals surface area (Å²) in [4.78, 5) is 0. The van der Waals surface area contributed by atoms with E-state index in [9.17, 15) is 13.2 Å². The lowest BCUT2D eigenvalue weighted by molar-refractivity contribution is -0.0875. The number of aryl methyl sites for hydroxylation is 1. The molecule has 0 aromatic heterocycles. The van der Waals surface area contributed by atoms with Gasteiger partial charge in [-0.1, -0.05) is 31.2 Å². The molecule has 3 rings (SSSR count). The fraction of sp³-hybridized carbons (Fsp3) is 0.429. The third kappa shape index (κ3) is 3.94. The Kier molecular flexibility index (Phi) is 5.99. The molecule has 2 aromatic rings. The van der Waals surface area contributed by atoms with Crippen molar-refractivity contribution in [3.05, 3.63) is 58.9 Å². The number of benzene rings is 2. The second kappa shape index (κ2) is 8.23. The quantitative estimate of drug-likeness (QED) is 0.675. The summed E-state index contributed by atoms with van der Waals surface area (Å²) in [6.07, 6.45) is 1.77. The highest BCUT2D eigenvalue weighted by atomic mass is 19.2. The predicted octanol–water partition coefficient (Wildman–Crippen LogP) is 5.73. The van der Waals surface area contributed by atoms with Crippen LogP contribution < -0.4 is 0 Å². The third-order valence-corrected chi connectivity index (χ3v) is 4.73. The first kappa shape index (κ1) is 18.9. The molecular formula is C21H23F3O2. The molecule has 0 saturated carbocycles. The van der Waals surface area contributed by atoms with Gasteiger partial charge in [-0.15, -0.1) is 0 Å². The molecule has 2 aromatic carbocycles. The van der Waals surface area contributed by atoms with Crippen LogP contribution in [0.2, 0.25) is 0 Å². The standard InChI is InChI=1S/C21H23F3O2/c1-3-10-25-15-6-9-19(26-12-15)17-8-7-16(20(23)21(17)24)14-5-4-13(2)18(22)11-14/h4-5,7-8,11,15,19H,3,6,9-10,12H2,1-2H3. The fourth-order valence-corrected chi connectivity index (χ4v) is 3.19. The highest BCUT2D eigenvalue weighted by Gasteiger charge is 2.27. The summed E-state index contributed by atoms with van der Waals surface area (Å²) < 4.78 is 54.3. The molecule has 0 spiro atoms. The number of ether oxygens (including phenoxy) is 2. The van der Waals surface area contributed by atoms with Crippen molar-refractivity contribution in [3.63, 3.8) is 0 Å². The molecule has 0 aliphatic carbocycles. The molecule has 26 heavy (non-hydrogen) atoms. The minimum absolute atomic E-state index is 0.00825. The average molecular weight is 364 g/mol. The molecule has 1 saturated heterocycles. The minimum Gasteiger partial charge on any atom is -0.376 e. The lowest BCUT2D eigenvalue weighted by Gasteiger charge is -2.29. The molecule has 2 unspecified atom stereocenters. The molecule has 0 bridgehead atoms. The fourth-order valence-electron chi connectivity index (χ4n) is 3.19. The first-order valence-electron chi connectivity index (χ1n) is 8.98. The van der Waals surface area contributed by atoms with Crippen LogP contribution >= 0.6 is 0 Å². The van der Waals surface area contributed by atoms with E-state index in [1.54, 1.807) is 19.1 Å². The Morgan fingerprint density at radius 2 is 1.88 bits per heavy atom. The van der Waals surface area contributed by atoms with Crippen LogP contribution in [0.1, 0.15) is 43.4 Å². The lowest BCUT2D eigenvalue weighted by Crippen LogP contribution is -2.28. The van der Waals surface area contributed by atoms with E-state index in [0.29, 0.717) is 30.8 Å². The molecule has 0 amide bonds. The molecule has 1 heterocycles. The summed E-state index contributed by atoms with van der Waals surface area (Å²) in [7, 11) is 0. The zero-order valence-electron chi connectivity index (χ0n) is 15.0. The summed E-state index contributed by atoms with van der Waals surface area (Å²) in [6.45, 7) is 4.70. The maximum atomic E-state index is 14.6. The van der Waals surface area contributed by atoms with Crippen molar-refractivity contribution in [2.24, 2.45) is 0 Å². The largest absolute Gasteiger partial charge is 0.376 e. The second-order valence-electron chi connectivity index (χ2n) is 6.69. The van der Waals surface area contributed by atoms with Crippen LogP contribution in [0.15, 0.2) is 30.3 Å². The van der Waals surface area contributed by atoms with Gasteiger partial charge in [0, 0.05) is 17.7 Å². The molecule has 0 radical (unpaired) electrons. The Labute approximate surface area is 151 Å². The van der Waals surface area contributed by atoms with Crippen LogP contribution in [0, 0.1) is 24.4 Å². The van der Waals surface area contributed by atoms with E-state index in [0.717, 1.165) is 12.8 Å². The normalized spacial score (nSPS) is 20.3. The summed E-state index contributed by atoms with van der Waals surface area (Å²) in [6, 6.07) is 7.38. The molecule has 1 aliphatic heterocycles. The highest BCUT2D eigenvalue weighted by Crippen LogP contribution is 2.35. The van der Waals surface area contributed by atoms with Crippen molar-refractivity contribution >= 4 is 0 Å². The number of rotatable bonds is 5. The van der Waals surface area contributed by atoms with Gasteiger partial charge in [0.1, 0.15) is 5.82 Å². The maximum Gasteiger partial charge on any atom is 0.167 e. The Balaban J connectivity index is 1.79. The van der Waals surface area contributed by atoms with Crippen LogP contribution in [0.3, 0.4) is 0 Å². The average Bonchev–Trinajstić information content (AvgIpc) is 2.65. The molecule has 5 heteroatoms. The number of hydrogen-bond donors (Lipinski definition) is 0. The van der Waals surface area contributed by atoms with Crippen molar-refractivity contribution in [2.75, 3.05) is 13.2 Å². The van der Waals surface area contributed by atoms with Crippen LogP contribution in [-0.4, -0.2) is 19.3 Å². The van der Waals surface area contributed by atoms with E-state index in [2.05, 4.69) is 0 Å². The molecule has 140 valence electrons. The number of hydrogen-bond acceptors (Lipinski definition) is 2. The van der Waals surface area contributed by atoms with E-state index in [1.165, 1.54) is 18.2 Å². The molecule has 2 atom stereocenters. The highest BCUT2D eigenvalue weighted by molar-refractivity contribution is 5.65. The van der Waals surface area contributed by atoms with Gasteiger partial charge in [0.2, 0.25) is 0 Å². The van der Waals surface area contributed by atoms with Crippen LogP contribution in [0.25, 0.3) is 11.1 Å². The van der Waals surface area contributed by atoms with Gasteiger partial charge >= 0.3 is 0 Å². The molecule has 1 fully saturated rings. The third-order valence-electron chi connectivity index (χ3n) is 4.73. The van der Waals surface area contributed by atoms with Crippen LogP contribution in [0.4, 0.5) is 13.2 Å². The van der Waals surface area contributed by atoms with Gasteiger partial charge in [0.25, 0.3) is 0 Å². The van der Waals surface area contributed by atoms with Gasteiger partial charge in [0.15, 0.2) is 11.6 Å². The van der Waals surface area contributed by atoms with Crippen molar-refractivity contribution in [1.82, 2.24) is 0 Å². The van der Waals surface area contributed by atoms with Gasteiger partial charge in [-0.05, 0) is 43.4 Å². The summed E-state index contributed by atoms with van der Waals surface area (Å²) in [5.74, 6) is -2.35. The SMILES string of the molecule is CCCOC1CCC(c2ccc(-c3ccc(C)c(F)c3)c(F)c2F)OC1. The van der Waals surface area contributed by atoms with Crippen molar-refractivity contribution < 1.29 is 22.6 Å². The maximum absolute atomic E-state index is 14.6. The van der Waals surface area contributed by atoms with Gasteiger partial charge in [0.05, 0.1) is 18.8 Å². The van der Waals surface area contributed by atoms with Crippen LogP contribution in [-0.2, 0) is 9.47 Å². The van der Waals surface area contributed by atoms with E-state index in [-0.39, 0.29) is 17.2 Å². The van der Waals surface area contributed by atoms with E-state index in [4.69, 9.17) is 9.47 Å². The van der Waals surface area contributed by atoms with E-state index < -0.39 is 23.6 Å². The van der Waals surface area contributed by atoms with Gasteiger partial charge < -0.3 is 9.47 Å². The zero-order chi connectivity index (χ0) is 18.7. The molecule has 1 aliphatic rings.